The fourth-order valence-corrected chi connectivity index (χ4v) is 2.98. The third kappa shape index (κ3) is 6.60. The second-order valence-corrected chi connectivity index (χ2v) is 6.17. The van der Waals surface area contributed by atoms with E-state index in [0.717, 1.165) is 38.3 Å². The van der Waals surface area contributed by atoms with Crippen molar-refractivity contribution in [3.05, 3.63) is 18.5 Å². The molecule has 1 aromatic rings. The number of hydrogen-bond donors (Lipinski definition) is 3. The number of guanidine groups is 1. The molecular weight excluding hydrogens is 304 g/mol. The molecule has 0 atom stereocenters. The van der Waals surface area contributed by atoms with Gasteiger partial charge in [-0.1, -0.05) is 19.3 Å². The molecule has 1 saturated carbocycles. The van der Waals surface area contributed by atoms with E-state index >= 15 is 0 Å². The van der Waals surface area contributed by atoms with Gasteiger partial charge in [-0.2, -0.15) is 5.10 Å². The molecule has 1 aromatic heterocycles. The molecule has 7 nitrogen and oxygen atoms in total. The first kappa shape index (κ1) is 18.3. The van der Waals surface area contributed by atoms with Crippen molar-refractivity contribution in [2.45, 2.75) is 45.1 Å². The second kappa shape index (κ2) is 10.7. The molecule has 3 N–H and O–H groups in total. The summed E-state index contributed by atoms with van der Waals surface area (Å²) in [7, 11) is 1.75. The summed E-state index contributed by atoms with van der Waals surface area (Å²) in [4.78, 5) is 16.2. The lowest BCUT2D eigenvalue weighted by Crippen LogP contribution is -2.43. The van der Waals surface area contributed by atoms with Crippen LogP contribution in [0, 0.1) is 5.92 Å². The molecule has 134 valence electrons. The first-order chi connectivity index (χ1) is 11.8. The smallest absolute Gasteiger partial charge is 0.223 e. The first-order valence-electron chi connectivity index (χ1n) is 8.99. The summed E-state index contributed by atoms with van der Waals surface area (Å²) in [6.07, 6.45) is 10.4. The van der Waals surface area contributed by atoms with Gasteiger partial charge in [0.2, 0.25) is 5.91 Å². The average Bonchev–Trinajstić information content (AvgIpc) is 3.14. The van der Waals surface area contributed by atoms with E-state index < -0.39 is 0 Å². The first-order valence-corrected chi connectivity index (χ1v) is 8.99. The molecule has 0 saturated heterocycles. The molecule has 2 rings (SSSR count). The number of carbonyl (C=O) groups excluding carboxylic acids is 1. The van der Waals surface area contributed by atoms with Gasteiger partial charge in [0.05, 0.1) is 0 Å². The number of nitrogens with zero attached hydrogens (tertiary/aromatic N) is 3. The van der Waals surface area contributed by atoms with Crippen LogP contribution >= 0.6 is 0 Å². The zero-order chi connectivity index (χ0) is 17.0. The second-order valence-electron chi connectivity index (χ2n) is 6.17. The minimum atomic E-state index is 0.207. The zero-order valence-electron chi connectivity index (χ0n) is 14.6. The molecule has 0 unspecified atom stereocenters. The van der Waals surface area contributed by atoms with Gasteiger partial charge in [-0.25, -0.2) is 0 Å². The highest BCUT2D eigenvalue weighted by molar-refractivity contribution is 5.80. The third-order valence-corrected chi connectivity index (χ3v) is 4.33. The van der Waals surface area contributed by atoms with Crippen molar-refractivity contribution in [3.8, 4) is 0 Å². The lowest BCUT2D eigenvalue weighted by atomic mass is 9.89. The van der Waals surface area contributed by atoms with Crippen LogP contribution in [0.2, 0.25) is 0 Å². The summed E-state index contributed by atoms with van der Waals surface area (Å²) in [5.41, 5.74) is 0. The van der Waals surface area contributed by atoms with Gasteiger partial charge < -0.3 is 16.0 Å². The summed E-state index contributed by atoms with van der Waals surface area (Å²) in [5, 5.41) is 13.7. The molecule has 0 spiro atoms. The van der Waals surface area contributed by atoms with Crippen LogP contribution in [0.25, 0.3) is 0 Å². The van der Waals surface area contributed by atoms with Crippen LogP contribution in [0.4, 0.5) is 0 Å². The SMILES string of the molecule is CN=C(NCCCn1cccn1)NCCNC(=O)C1CCCCC1. The summed E-state index contributed by atoms with van der Waals surface area (Å²) in [6.45, 7) is 3.02. The van der Waals surface area contributed by atoms with Gasteiger partial charge in [0.15, 0.2) is 5.96 Å². The summed E-state index contributed by atoms with van der Waals surface area (Å²) in [5.74, 6) is 1.19. The van der Waals surface area contributed by atoms with Crippen LogP contribution in [0.1, 0.15) is 38.5 Å². The Kier molecular flexibility index (Phi) is 8.13. The minimum Gasteiger partial charge on any atom is -0.356 e. The monoisotopic (exact) mass is 334 g/mol. The van der Waals surface area contributed by atoms with E-state index in [1.165, 1.54) is 19.3 Å². The Morgan fingerprint density at radius 3 is 2.62 bits per heavy atom. The van der Waals surface area contributed by atoms with E-state index in [0.29, 0.717) is 13.1 Å². The predicted molar refractivity (Wildman–Crippen MR) is 95.8 cm³/mol. The van der Waals surface area contributed by atoms with Crippen molar-refractivity contribution in [3.63, 3.8) is 0 Å². The Hall–Kier alpha value is -2.05. The van der Waals surface area contributed by atoms with Crippen LogP contribution in [0.15, 0.2) is 23.5 Å². The molecule has 1 heterocycles. The van der Waals surface area contributed by atoms with Crippen molar-refractivity contribution in [1.29, 1.82) is 0 Å². The van der Waals surface area contributed by atoms with Gasteiger partial charge in [0, 0.05) is 51.5 Å². The molecule has 24 heavy (non-hydrogen) atoms. The van der Waals surface area contributed by atoms with E-state index in [9.17, 15) is 4.79 Å². The highest BCUT2D eigenvalue weighted by Crippen LogP contribution is 2.23. The molecule has 1 aliphatic rings. The lowest BCUT2D eigenvalue weighted by molar-refractivity contribution is -0.125. The Balaban J connectivity index is 1.52. The molecule has 7 heteroatoms. The number of aliphatic imine (C=N–C) groups is 1. The van der Waals surface area contributed by atoms with Crippen molar-refractivity contribution >= 4 is 11.9 Å². The Labute approximate surface area is 144 Å². The Bertz CT molecular complexity index is 493. The highest BCUT2D eigenvalue weighted by atomic mass is 16.1. The topological polar surface area (TPSA) is 83.3 Å². The van der Waals surface area contributed by atoms with E-state index in [1.54, 1.807) is 13.2 Å². The summed E-state index contributed by atoms with van der Waals surface area (Å²) >= 11 is 0. The molecule has 0 radical (unpaired) electrons. The number of rotatable bonds is 8. The van der Waals surface area contributed by atoms with Crippen molar-refractivity contribution in [2.75, 3.05) is 26.7 Å². The fraction of sp³-hybridized carbons (Fsp3) is 0.706. The Morgan fingerprint density at radius 2 is 1.92 bits per heavy atom. The van der Waals surface area contributed by atoms with Gasteiger partial charge in [0.25, 0.3) is 0 Å². The van der Waals surface area contributed by atoms with Gasteiger partial charge in [-0.15, -0.1) is 0 Å². The molecule has 0 bridgehead atoms. The standard InChI is InChI=1S/C17H30N6O/c1-18-17(20-9-5-13-23-14-6-10-22-23)21-12-11-19-16(24)15-7-3-2-4-8-15/h6,10,14-15H,2-5,7-9,11-13H2,1H3,(H,19,24)(H2,18,20,21). The van der Waals surface area contributed by atoms with E-state index in [2.05, 4.69) is 26.0 Å². The van der Waals surface area contributed by atoms with Crippen LogP contribution in [-0.4, -0.2) is 48.3 Å². The maximum absolute atomic E-state index is 12.0. The quantitative estimate of drug-likeness (QED) is 0.378. The van der Waals surface area contributed by atoms with E-state index in [-0.39, 0.29) is 11.8 Å². The van der Waals surface area contributed by atoms with Gasteiger partial charge in [-0.3, -0.25) is 14.5 Å². The number of carbonyl (C=O) groups is 1. The van der Waals surface area contributed by atoms with Crippen molar-refractivity contribution in [1.82, 2.24) is 25.7 Å². The number of nitrogens with one attached hydrogen (secondary N) is 3. The van der Waals surface area contributed by atoms with Gasteiger partial charge in [-0.05, 0) is 25.3 Å². The molecular formula is C17H30N6O. The predicted octanol–water partition coefficient (Wildman–Crippen LogP) is 1.13. The number of amides is 1. The summed E-state index contributed by atoms with van der Waals surface area (Å²) < 4.78 is 1.92. The van der Waals surface area contributed by atoms with Crippen LogP contribution in [0.5, 0.6) is 0 Å². The van der Waals surface area contributed by atoms with E-state index in [1.807, 2.05) is 16.9 Å². The average molecular weight is 334 g/mol. The lowest BCUT2D eigenvalue weighted by Gasteiger charge is -2.21. The molecule has 1 amide bonds. The maximum atomic E-state index is 12.0. The molecule has 1 fully saturated rings. The largest absolute Gasteiger partial charge is 0.356 e. The molecule has 0 aliphatic heterocycles. The van der Waals surface area contributed by atoms with Crippen LogP contribution < -0.4 is 16.0 Å². The van der Waals surface area contributed by atoms with Crippen LogP contribution in [-0.2, 0) is 11.3 Å². The normalized spacial score (nSPS) is 16.0. The van der Waals surface area contributed by atoms with E-state index in [4.69, 9.17) is 0 Å². The van der Waals surface area contributed by atoms with Crippen LogP contribution in [0.3, 0.4) is 0 Å². The third-order valence-electron chi connectivity index (χ3n) is 4.33. The molecule has 0 aromatic carbocycles. The highest BCUT2D eigenvalue weighted by Gasteiger charge is 2.20. The van der Waals surface area contributed by atoms with Gasteiger partial charge >= 0.3 is 0 Å². The van der Waals surface area contributed by atoms with Gasteiger partial charge in [0.1, 0.15) is 0 Å². The molecule has 1 aliphatic carbocycles. The van der Waals surface area contributed by atoms with Crippen molar-refractivity contribution in [2.24, 2.45) is 10.9 Å². The maximum Gasteiger partial charge on any atom is 0.223 e. The van der Waals surface area contributed by atoms with Crippen molar-refractivity contribution < 1.29 is 4.79 Å². The fourth-order valence-electron chi connectivity index (χ4n) is 2.98. The summed E-state index contributed by atoms with van der Waals surface area (Å²) in [6, 6.07) is 1.93. The number of hydrogen-bond acceptors (Lipinski definition) is 3. The minimum absolute atomic E-state index is 0.207. The Morgan fingerprint density at radius 1 is 1.17 bits per heavy atom. The number of aromatic nitrogens is 2. The number of aryl methyl sites for hydroxylation is 1. The zero-order valence-corrected chi connectivity index (χ0v) is 14.6.